The molecule has 0 aliphatic heterocycles. The summed E-state index contributed by atoms with van der Waals surface area (Å²) in [6.07, 6.45) is 2.91. The molecular formula is C14H24N2OS. The van der Waals surface area contributed by atoms with Crippen molar-refractivity contribution < 1.29 is 4.79 Å². The number of carbonyl (C=O) groups excluding carboxylic acids is 1. The van der Waals surface area contributed by atoms with Crippen LogP contribution in [-0.2, 0) is 4.79 Å². The largest absolute Gasteiger partial charge is 0.349 e. The van der Waals surface area contributed by atoms with Crippen molar-refractivity contribution in [3.63, 3.8) is 0 Å². The van der Waals surface area contributed by atoms with Crippen molar-refractivity contribution in [2.24, 2.45) is 11.7 Å². The summed E-state index contributed by atoms with van der Waals surface area (Å²) in [4.78, 5) is 13.2. The van der Waals surface area contributed by atoms with Crippen molar-refractivity contribution in [3.8, 4) is 0 Å². The van der Waals surface area contributed by atoms with E-state index in [2.05, 4.69) is 11.4 Å². The van der Waals surface area contributed by atoms with E-state index >= 15 is 0 Å². The molecule has 0 aromatic carbocycles. The van der Waals surface area contributed by atoms with Gasteiger partial charge in [-0.2, -0.15) is 0 Å². The van der Waals surface area contributed by atoms with Crippen LogP contribution < -0.4 is 11.1 Å². The second-order valence-corrected chi connectivity index (χ2v) is 6.03. The van der Waals surface area contributed by atoms with Crippen molar-refractivity contribution in [3.05, 3.63) is 22.4 Å². The number of hydrogen-bond acceptors (Lipinski definition) is 3. The van der Waals surface area contributed by atoms with Crippen molar-refractivity contribution in [2.75, 3.05) is 0 Å². The molecule has 3 nitrogen and oxygen atoms in total. The minimum Gasteiger partial charge on any atom is -0.349 e. The second kappa shape index (κ2) is 7.54. The molecular weight excluding hydrogens is 244 g/mol. The van der Waals surface area contributed by atoms with Gasteiger partial charge in [0.15, 0.2) is 0 Å². The van der Waals surface area contributed by atoms with Crippen molar-refractivity contribution in [1.82, 2.24) is 5.32 Å². The van der Waals surface area contributed by atoms with Gasteiger partial charge >= 0.3 is 0 Å². The smallest absolute Gasteiger partial charge is 0.223 e. The van der Waals surface area contributed by atoms with E-state index in [9.17, 15) is 4.79 Å². The molecule has 4 heteroatoms. The van der Waals surface area contributed by atoms with Gasteiger partial charge in [0.05, 0.1) is 6.04 Å². The highest BCUT2D eigenvalue weighted by Crippen LogP contribution is 2.19. The Morgan fingerprint density at radius 1 is 1.39 bits per heavy atom. The lowest BCUT2D eigenvalue weighted by molar-refractivity contribution is -0.125. The van der Waals surface area contributed by atoms with E-state index < -0.39 is 0 Å². The van der Waals surface area contributed by atoms with Gasteiger partial charge in [0, 0.05) is 16.8 Å². The Morgan fingerprint density at radius 3 is 2.67 bits per heavy atom. The first-order chi connectivity index (χ1) is 8.50. The molecule has 3 N–H and O–H groups in total. The third kappa shape index (κ3) is 5.19. The molecule has 1 amide bonds. The van der Waals surface area contributed by atoms with Gasteiger partial charge in [-0.05, 0) is 38.1 Å². The van der Waals surface area contributed by atoms with Crippen LogP contribution in [0.15, 0.2) is 17.5 Å². The van der Waals surface area contributed by atoms with E-state index in [1.54, 1.807) is 11.3 Å². The van der Waals surface area contributed by atoms with Crippen molar-refractivity contribution >= 4 is 17.2 Å². The average molecular weight is 268 g/mol. The summed E-state index contributed by atoms with van der Waals surface area (Å²) in [7, 11) is 0. The lowest BCUT2D eigenvalue weighted by atomic mass is 10.0. The molecule has 0 fully saturated rings. The molecule has 3 atom stereocenters. The molecule has 0 radical (unpaired) electrons. The number of rotatable bonds is 7. The maximum absolute atomic E-state index is 12.0. The molecule has 0 saturated heterocycles. The van der Waals surface area contributed by atoms with Gasteiger partial charge in [-0.1, -0.05) is 19.4 Å². The molecule has 102 valence electrons. The highest BCUT2D eigenvalue weighted by Gasteiger charge is 2.16. The van der Waals surface area contributed by atoms with Crippen LogP contribution in [0.2, 0.25) is 0 Å². The highest BCUT2D eigenvalue weighted by molar-refractivity contribution is 7.10. The van der Waals surface area contributed by atoms with Gasteiger partial charge < -0.3 is 11.1 Å². The minimum atomic E-state index is 0.0613. The van der Waals surface area contributed by atoms with E-state index in [1.807, 2.05) is 32.2 Å². The lowest BCUT2D eigenvalue weighted by Gasteiger charge is -2.17. The van der Waals surface area contributed by atoms with Crippen LogP contribution in [0.25, 0.3) is 0 Å². The summed E-state index contributed by atoms with van der Waals surface area (Å²) in [6.45, 7) is 6.01. The monoisotopic (exact) mass is 268 g/mol. The first kappa shape index (κ1) is 15.2. The van der Waals surface area contributed by atoms with Crippen molar-refractivity contribution in [1.29, 1.82) is 0 Å². The third-order valence-corrected chi connectivity index (χ3v) is 4.13. The minimum absolute atomic E-state index is 0.0613. The number of carbonyl (C=O) groups is 1. The Hall–Kier alpha value is -0.870. The van der Waals surface area contributed by atoms with Gasteiger partial charge in [-0.25, -0.2) is 0 Å². The number of thiophene rings is 1. The predicted molar refractivity (Wildman–Crippen MR) is 77.5 cm³/mol. The van der Waals surface area contributed by atoms with Gasteiger partial charge in [0.1, 0.15) is 0 Å². The zero-order chi connectivity index (χ0) is 13.5. The Balaban J connectivity index is 2.31. The van der Waals surface area contributed by atoms with Crippen LogP contribution in [0.5, 0.6) is 0 Å². The fraction of sp³-hybridized carbons (Fsp3) is 0.643. The van der Waals surface area contributed by atoms with Gasteiger partial charge in [0.25, 0.3) is 0 Å². The Kier molecular flexibility index (Phi) is 6.36. The maximum atomic E-state index is 12.0. The van der Waals surface area contributed by atoms with Gasteiger partial charge in [-0.3, -0.25) is 4.79 Å². The maximum Gasteiger partial charge on any atom is 0.223 e. The molecule has 1 heterocycles. The first-order valence-corrected chi connectivity index (χ1v) is 7.48. The average Bonchev–Trinajstić information content (AvgIpc) is 2.81. The topological polar surface area (TPSA) is 55.1 Å². The predicted octanol–water partition coefficient (Wildman–Crippen LogP) is 3.08. The summed E-state index contributed by atoms with van der Waals surface area (Å²) < 4.78 is 0. The van der Waals surface area contributed by atoms with Crippen LogP contribution >= 0.6 is 11.3 Å². The normalized spacial score (nSPS) is 16.0. The van der Waals surface area contributed by atoms with E-state index in [0.717, 1.165) is 19.3 Å². The van der Waals surface area contributed by atoms with Gasteiger partial charge in [0.2, 0.25) is 5.91 Å². The van der Waals surface area contributed by atoms with E-state index in [1.165, 1.54) is 4.88 Å². The second-order valence-electron chi connectivity index (χ2n) is 5.05. The summed E-state index contributed by atoms with van der Waals surface area (Å²) >= 11 is 1.68. The zero-order valence-electron chi connectivity index (χ0n) is 11.5. The lowest BCUT2D eigenvalue weighted by Crippen LogP contribution is -2.31. The summed E-state index contributed by atoms with van der Waals surface area (Å²) in [5.74, 6) is 0.201. The molecule has 0 bridgehead atoms. The SMILES string of the molecule is CC(N)CCCC(C)C(=O)NC(C)c1cccs1. The first-order valence-electron chi connectivity index (χ1n) is 6.60. The van der Waals surface area contributed by atoms with Crippen LogP contribution in [0, 0.1) is 5.92 Å². The quantitative estimate of drug-likeness (QED) is 0.798. The summed E-state index contributed by atoms with van der Waals surface area (Å²) in [5.41, 5.74) is 5.70. The van der Waals surface area contributed by atoms with Crippen LogP contribution in [0.1, 0.15) is 51.0 Å². The Bertz CT molecular complexity index is 349. The molecule has 0 aliphatic carbocycles. The van der Waals surface area contributed by atoms with Crippen LogP contribution in [0.3, 0.4) is 0 Å². The highest BCUT2D eigenvalue weighted by atomic mass is 32.1. The molecule has 3 unspecified atom stereocenters. The third-order valence-electron chi connectivity index (χ3n) is 3.07. The van der Waals surface area contributed by atoms with E-state index in [0.29, 0.717) is 0 Å². The Morgan fingerprint density at radius 2 is 2.11 bits per heavy atom. The number of nitrogens with two attached hydrogens (primary N) is 1. The number of hydrogen-bond donors (Lipinski definition) is 2. The molecule has 1 rings (SSSR count). The fourth-order valence-corrected chi connectivity index (χ4v) is 2.58. The number of amides is 1. The molecule has 18 heavy (non-hydrogen) atoms. The molecule has 1 aromatic rings. The summed E-state index contributed by atoms with van der Waals surface area (Å²) in [5, 5.41) is 5.09. The molecule has 0 aliphatic rings. The van der Waals surface area contributed by atoms with E-state index in [4.69, 9.17) is 5.73 Å². The summed E-state index contributed by atoms with van der Waals surface area (Å²) in [6, 6.07) is 4.39. The molecule has 0 saturated carbocycles. The van der Waals surface area contributed by atoms with Crippen LogP contribution in [0.4, 0.5) is 0 Å². The molecule has 0 spiro atoms. The molecule has 1 aromatic heterocycles. The van der Waals surface area contributed by atoms with E-state index in [-0.39, 0.29) is 23.9 Å². The number of nitrogens with one attached hydrogen (secondary N) is 1. The standard InChI is InChI=1S/C14H24N2OS/c1-10(6-4-7-11(2)15)14(17)16-12(3)13-8-5-9-18-13/h5,8-12H,4,6-7,15H2,1-3H3,(H,16,17). The fourth-order valence-electron chi connectivity index (χ4n) is 1.84. The van der Waals surface area contributed by atoms with Crippen LogP contribution in [-0.4, -0.2) is 11.9 Å². The van der Waals surface area contributed by atoms with Gasteiger partial charge in [-0.15, -0.1) is 11.3 Å². The Labute approximate surface area is 114 Å². The zero-order valence-corrected chi connectivity index (χ0v) is 12.3. The van der Waals surface area contributed by atoms with Crippen molar-refractivity contribution in [2.45, 2.75) is 52.1 Å².